The average molecular weight is 480 g/mol. The molecule has 4 rings (SSSR count). The number of hydrogen-bond acceptors (Lipinski definition) is 3. The molecule has 3 aromatic carbocycles. The number of alkyl halides is 6. The van der Waals surface area contributed by atoms with Crippen molar-refractivity contribution in [2.24, 2.45) is 4.99 Å². The Morgan fingerprint density at radius 2 is 1.24 bits per heavy atom. The number of thioether (sulfide) groups is 1. The van der Waals surface area contributed by atoms with Gasteiger partial charge in [0.1, 0.15) is 6.04 Å². The molecule has 1 aliphatic rings. The molecule has 0 radical (unpaired) electrons. The molecule has 0 spiro atoms. The van der Waals surface area contributed by atoms with Gasteiger partial charge in [0, 0.05) is 5.75 Å². The molecular formula is C24H18F6N2S. The zero-order chi connectivity index (χ0) is 23.6. The third kappa shape index (κ3) is 5.52. The Hall–Kier alpha value is -2.94. The van der Waals surface area contributed by atoms with Crippen LogP contribution < -0.4 is 5.32 Å². The highest BCUT2D eigenvalue weighted by atomic mass is 32.2. The number of benzene rings is 3. The zero-order valence-electron chi connectivity index (χ0n) is 17.0. The Morgan fingerprint density at radius 3 is 1.76 bits per heavy atom. The van der Waals surface area contributed by atoms with Crippen LogP contribution in [0, 0.1) is 0 Å². The number of hydrogen-bond donors (Lipinski definition) is 1. The normalized spacial score (nSPS) is 18.7. The fourth-order valence-corrected chi connectivity index (χ4v) is 4.50. The summed E-state index contributed by atoms with van der Waals surface area (Å²) in [5.74, 6) is -0.0954. The first-order valence-electron chi connectivity index (χ1n) is 9.96. The number of nitrogens with one attached hydrogen (secondary N) is 1. The second-order valence-electron chi connectivity index (χ2n) is 7.53. The molecule has 0 aliphatic carbocycles. The Kier molecular flexibility index (Phi) is 6.43. The minimum absolute atomic E-state index is 0.0777. The summed E-state index contributed by atoms with van der Waals surface area (Å²) in [5, 5.41) is 3.75. The lowest BCUT2D eigenvalue weighted by Gasteiger charge is -2.19. The van der Waals surface area contributed by atoms with Crippen molar-refractivity contribution in [3.63, 3.8) is 0 Å². The van der Waals surface area contributed by atoms with Crippen LogP contribution in [0.4, 0.5) is 26.3 Å². The van der Waals surface area contributed by atoms with Gasteiger partial charge in [-0.2, -0.15) is 26.3 Å². The number of rotatable bonds is 4. The molecular weight excluding hydrogens is 462 g/mol. The molecule has 0 amide bonds. The minimum atomic E-state index is -4.87. The van der Waals surface area contributed by atoms with Gasteiger partial charge in [-0.3, -0.25) is 4.99 Å². The summed E-state index contributed by atoms with van der Waals surface area (Å²) < 4.78 is 78.9. The van der Waals surface area contributed by atoms with Crippen LogP contribution in [-0.4, -0.2) is 5.17 Å². The van der Waals surface area contributed by atoms with Gasteiger partial charge in [0.15, 0.2) is 5.17 Å². The van der Waals surface area contributed by atoms with E-state index >= 15 is 0 Å². The number of nitrogens with zero attached hydrogens (tertiary/aromatic N) is 1. The molecule has 33 heavy (non-hydrogen) atoms. The van der Waals surface area contributed by atoms with Crippen molar-refractivity contribution in [1.82, 2.24) is 5.32 Å². The Morgan fingerprint density at radius 1 is 0.727 bits per heavy atom. The van der Waals surface area contributed by atoms with E-state index in [1.54, 1.807) is 0 Å². The summed E-state index contributed by atoms with van der Waals surface area (Å²) in [4.78, 5) is 4.70. The number of halogens is 6. The fourth-order valence-electron chi connectivity index (χ4n) is 3.63. The van der Waals surface area contributed by atoms with Gasteiger partial charge in [0.25, 0.3) is 0 Å². The highest BCUT2D eigenvalue weighted by Gasteiger charge is 2.37. The van der Waals surface area contributed by atoms with Gasteiger partial charge < -0.3 is 5.32 Å². The number of amidine groups is 1. The SMILES string of the molecule is FC(F)(F)c1cc(CSC2=NC(c3ccccc3)C(c3ccccc3)N2)cc(C(F)(F)F)c1. The smallest absolute Gasteiger partial charge is 0.356 e. The van der Waals surface area contributed by atoms with E-state index in [9.17, 15) is 26.3 Å². The van der Waals surface area contributed by atoms with Crippen LogP contribution in [-0.2, 0) is 18.1 Å². The van der Waals surface area contributed by atoms with Crippen LogP contribution in [0.5, 0.6) is 0 Å². The molecule has 0 aromatic heterocycles. The van der Waals surface area contributed by atoms with Crippen LogP contribution in [0.25, 0.3) is 0 Å². The third-order valence-electron chi connectivity index (χ3n) is 5.17. The molecule has 172 valence electrons. The van der Waals surface area contributed by atoms with Crippen molar-refractivity contribution in [2.75, 3.05) is 0 Å². The minimum Gasteiger partial charge on any atom is -0.356 e. The highest BCUT2D eigenvalue weighted by molar-refractivity contribution is 8.13. The topological polar surface area (TPSA) is 24.4 Å². The summed E-state index contributed by atoms with van der Waals surface area (Å²) in [6, 6.07) is 20.2. The van der Waals surface area contributed by atoms with Crippen molar-refractivity contribution in [2.45, 2.75) is 30.2 Å². The van der Waals surface area contributed by atoms with Crippen LogP contribution in [0.15, 0.2) is 83.9 Å². The van der Waals surface area contributed by atoms with E-state index in [2.05, 4.69) is 5.32 Å². The third-order valence-corrected chi connectivity index (χ3v) is 6.15. The van der Waals surface area contributed by atoms with E-state index in [4.69, 9.17) is 4.99 Å². The monoisotopic (exact) mass is 480 g/mol. The van der Waals surface area contributed by atoms with E-state index in [0.29, 0.717) is 5.17 Å². The highest BCUT2D eigenvalue weighted by Crippen LogP contribution is 2.40. The quantitative estimate of drug-likeness (QED) is 0.394. The summed E-state index contributed by atoms with van der Waals surface area (Å²) in [6.07, 6.45) is -9.75. The lowest BCUT2D eigenvalue weighted by atomic mass is 9.95. The molecule has 1 heterocycles. The molecule has 9 heteroatoms. The van der Waals surface area contributed by atoms with Gasteiger partial charge in [-0.25, -0.2) is 0 Å². The molecule has 3 aromatic rings. The van der Waals surface area contributed by atoms with Gasteiger partial charge in [-0.05, 0) is 34.9 Å². The average Bonchev–Trinajstić information content (AvgIpc) is 3.22. The summed E-state index contributed by atoms with van der Waals surface area (Å²) >= 11 is 1.08. The first-order chi connectivity index (χ1) is 15.6. The molecule has 1 N–H and O–H groups in total. The van der Waals surface area contributed by atoms with Crippen molar-refractivity contribution in [1.29, 1.82) is 0 Å². The summed E-state index contributed by atoms with van der Waals surface area (Å²) in [7, 11) is 0. The van der Waals surface area contributed by atoms with Crippen LogP contribution in [0.3, 0.4) is 0 Å². The summed E-state index contributed by atoms with van der Waals surface area (Å²) in [6.45, 7) is 0. The first kappa shape index (κ1) is 23.2. The first-order valence-corrected chi connectivity index (χ1v) is 11.0. The van der Waals surface area contributed by atoms with E-state index in [1.807, 2.05) is 60.7 Å². The van der Waals surface area contributed by atoms with Gasteiger partial charge in [0.05, 0.1) is 17.2 Å². The molecule has 0 saturated heterocycles. The maximum atomic E-state index is 13.1. The van der Waals surface area contributed by atoms with Crippen molar-refractivity contribution >= 4 is 16.9 Å². The zero-order valence-corrected chi connectivity index (χ0v) is 17.8. The predicted molar refractivity (Wildman–Crippen MR) is 117 cm³/mol. The molecule has 0 fully saturated rings. The standard InChI is InChI=1S/C24H18F6N2S/c25-23(26,27)18-11-15(12-19(13-18)24(28,29)30)14-33-22-31-20(16-7-3-1-4-8-16)21(32-22)17-9-5-2-6-10-17/h1-13,20-21H,14H2,(H,31,32). The van der Waals surface area contributed by atoms with Crippen LogP contribution in [0.2, 0.25) is 0 Å². The molecule has 0 bridgehead atoms. The predicted octanol–water partition coefficient (Wildman–Crippen LogP) is 7.40. The second-order valence-corrected chi connectivity index (χ2v) is 8.49. The van der Waals surface area contributed by atoms with E-state index in [1.165, 1.54) is 0 Å². The fraction of sp³-hybridized carbons (Fsp3) is 0.208. The molecule has 0 saturated carbocycles. The van der Waals surface area contributed by atoms with Gasteiger partial charge in [-0.15, -0.1) is 0 Å². The molecule has 2 nitrogen and oxygen atoms in total. The molecule has 2 unspecified atom stereocenters. The molecule has 2 atom stereocenters. The number of aliphatic imine (C=N–C) groups is 1. The van der Waals surface area contributed by atoms with Crippen LogP contribution >= 0.6 is 11.8 Å². The Bertz CT molecular complexity index is 1090. The van der Waals surface area contributed by atoms with Crippen LogP contribution in [0.1, 0.15) is 39.9 Å². The summed E-state index contributed by atoms with van der Waals surface area (Å²) in [5.41, 5.74) is -0.791. The van der Waals surface area contributed by atoms with Gasteiger partial charge >= 0.3 is 12.4 Å². The Balaban J connectivity index is 1.59. The van der Waals surface area contributed by atoms with E-state index in [0.717, 1.165) is 35.0 Å². The molecule has 1 aliphatic heterocycles. The van der Waals surface area contributed by atoms with E-state index < -0.39 is 23.5 Å². The van der Waals surface area contributed by atoms with E-state index in [-0.39, 0.29) is 29.5 Å². The van der Waals surface area contributed by atoms with Crippen molar-refractivity contribution in [3.05, 3.63) is 107 Å². The Labute approximate surface area is 190 Å². The second kappa shape index (κ2) is 9.13. The maximum Gasteiger partial charge on any atom is 0.416 e. The lowest BCUT2D eigenvalue weighted by molar-refractivity contribution is -0.143. The van der Waals surface area contributed by atoms with Crippen molar-refractivity contribution < 1.29 is 26.3 Å². The van der Waals surface area contributed by atoms with Crippen molar-refractivity contribution in [3.8, 4) is 0 Å². The van der Waals surface area contributed by atoms with Gasteiger partial charge in [0.2, 0.25) is 0 Å². The largest absolute Gasteiger partial charge is 0.416 e. The maximum absolute atomic E-state index is 13.1. The lowest BCUT2D eigenvalue weighted by Crippen LogP contribution is -2.22. The van der Waals surface area contributed by atoms with Gasteiger partial charge in [-0.1, -0.05) is 72.4 Å².